The molecule has 0 saturated heterocycles. The number of nitro groups is 1. The highest BCUT2D eigenvalue weighted by molar-refractivity contribution is 5.77. The normalized spacial score (nSPS) is 10.2. The molecule has 0 atom stereocenters. The number of nitrogens with zero attached hydrogens (tertiary/aromatic N) is 1. The summed E-state index contributed by atoms with van der Waals surface area (Å²) in [5.41, 5.74) is 2.02. The summed E-state index contributed by atoms with van der Waals surface area (Å²) in [5.74, 6) is -0.196. The molecule has 2 aromatic carbocycles. The maximum atomic E-state index is 11.8. The van der Waals surface area contributed by atoms with Crippen LogP contribution in [0.3, 0.4) is 0 Å². The van der Waals surface area contributed by atoms with Gasteiger partial charge in [-0.05, 0) is 42.7 Å². The molecule has 126 valence electrons. The number of nitro benzene ring substituents is 1. The summed E-state index contributed by atoms with van der Waals surface area (Å²) in [6, 6.07) is 9.04. The quantitative estimate of drug-likeness (QED) is 0.644. The molecule has 7 nitrogen and oxygen atoms in total. The minimum atomic E-state index is -0.589. The van der Waals surface area contributed by atoms with Crippen LogP contribution in [-0.4, -0.2) is 17.4 Å². The highest BCUT2D eigenvalue weighted by Gasteiger charge is 2.09. The second-order valence-electron chi connectivity index (χ2n) is 5.44. The highest BCUT2D eigenvalue weighted by Crippen LogP contribution is 2.20. The first-order chi connectivity index (χ1) is 11.3. The Morgan fingerprint density at radius 1 is 1.17 bits per heavy atom. The summed E-state index contributed by atoms with van der Waals surface area (Å²) in [7, 11) is 0. The van der Waals surface area contributed by atoms with Crippen molar-refractivity contribution in [2.24, 2.45) is 0 Å². The molecule has 0 unspecified atom stereocenters. The van der Waals surface area contributed by atoms with Crippen LogP contribution in [0.4, 0.5) is 5.69 Å². The number of amides is 1. The van der Waals surface area contributed by atoms with Crippen molar-refractivity contribution in [2.75, 3.05) is 6.61 Å². The maximum absolute atomic E-state index is 11.8. The third-order valence-corrected chi connectivity index (χ3v) is 3.30. The first-order valence-corrected chi connectivity index (χ1v) is 7.27. The van der Waals surface area contributed by atoms with Gasteiger partial charge < -0.3 is 15.2 Å². The summed E-state index contributed by atoms with van der Waals surface area (Å²) in [6.45, 7) is 3.57. The zero-order chi connectivity index (χ0) is 17.7. The van der Waals surface area contributed by atoms with E-state index in [4.69, 9.17) is 4.74 Å². The first kappa shape index (κ1) is 17.3. The largest absolute Gasteiger partial charge is 0.872 e. The van der Waals surface area contributed by atoms with Gasteiger partial charge in [-0.1, -0.05) is 12.1 Å². The molecule has 0 aliphatic carbocycles. The summed E-state index contributed by atoms with van der Waals surface area (Å²) in [6.07, 6.45) is 0. The number of ether oxygens (including phenoxy) is 1. The number of non-ortho nitro benzene ring substituents is 1. The molecule has 2 aromatic rings. The lowest BCUT2D eigenvalue weighted by Crippen LogP contribution is -2.28. The van der Waals surface area contributed by atoms with Gasteiger partial charge in [0.1, 0.15) is 5.75 Å². The van der Waals surface area contributed by atoms with Crippen molar-refractivity contribution in [2.45, 2.75) is 20.4 Å². The maximum Gasteiger partial charge on any atom is 0.269 e. The third kappa shape index (κ3) is 4.70. The van der Waals surface area contributed by atoms with E-state index in [9.17, 15) is 20.0 Å². The van der Waals surface area contributed by atoms with E-state index >= 15 is 0 Å². The number of carbonyl (C=O) groups excluding carboxylic acids is 1. The van der Waals surface area contributed by atoms with Gasteiger partial charge in [-0.3, -0.25) is 14.9 Å². The van der Waals surface area contributed by atoms with Gasteiger partial charge in [0.25, 0.3) is 11.6 Å². The molecule has 1 amide bonds. The molecule has 0 spiro atoms. The molecule has 1 N–H and O–H groups in total. The number of rotatable bonds is 6. The van der Waals surface area contributed by atoms with Gasteiger partial charge in [-0.25, -0.2) is 0 Å². The Morgan fingerprint density at radius 3 is 2.46 bits per heavy atom. The van der Waals surface area contributed by atoms with E-state index < -0.39 is 10.8 Å². The smallest absolute Gasteiger partial charge is 0.269 e. The standard InChI is InChI=1S/C17H18N2O5/c1-11-5-12(2)7-15(6-11)24-10-17(21)18-9-13-8-14(19(22)23)3-4-16(13)20/h3-8,20H,9-10H2,1-2H3,(H,18,21)/p-1. The first-order valence-electron chi connectivity index (χ1n) is 7.27. The molecule has 0 fully saturated rings. The van der Waals surface area contributed by atoms with Gasteiger partial charge >= 0.3 is 0 Å². The summed E-state index contributed by atoms with van der Waals surface area (Å²) < 4.78 is 5.41. The molecule has 24 heavy (non-hydrogen) atoms. The second kappa shape index (κ2) is 7.45. The number of nitrogens with one attached hydrogen (secondary N) is 1. The van der Waals surface area contributed by atoms with E-state index in [-0.39, 0.29) is 30.2 Å². The Morgan fingerprint density at radius 2 is 1.83 bits per heavy atom. The van der Waals surface area contributed by atoms with Crippen molar-refractivity contribution in [3.05, 3.63) is 63.2 Å². The monoisotopic (exact) mass is 329 g/mol. The van der Waals surface area contributed by atoms with E-state index in [1.165, 1.54) is 0 Å². The molecule has 0 aromatic heterocycles. The van der Waals surface area contributed by atoms with Crippen LogP contribution < -0.4 is 15.2 Å². The molecule has 0 aliphatic rings. The van der Waals surface area contributed by atoms with E-state index in [0.717, 1.165) is 29.3 Å². The molecule has 7 heteroatoms. The number of hydrogen-bond donors (Lipinski definition) is 1. The number of hydrogen-bond acceptors (Lipinski definition) is 5. The van der Waals surface area contributed by atoms with E-state index in [2.05, 4.69) is 5.32 Å². The van der Waals surface area contributed by atoms with E-state index in [1.807, 2.05) is 32.0 Å². The average Bonchev–Trinajstić information content (AvgIpc) is 2.51. The summed E-state index contributed by atoms with van der Waals surface area (Å²) in [5, 5.41) is 24.9. The molecular weight excluding hydrogens is 312 g/mol. The van der Waals surface area contributed by atoms with Crippen molar-refractivity contribution in [3.63, 3.8) is 0 Å². The van der Waals surface area contributed by atoms with Crippen molar-refractivity contribution >= 4 is 11.6 Å². The van der Waals surface area contributed by atoms with Crippen molar-refractivity contribution in [3.8, 4) is 11.5 Å². The number of benzene rings is 2. The minimum absolute atomic E-state index is 0.0877. The Balaban J connectivity index is 1.91. The lowest BCUT2D eigenvalue weighted by Gasteiger charge is -2.14. The van der Waals surface area contributed by atoms with Crippen LogP contribution in [0.1, 0.15) is 16.7 Å². The molecule has 0 bridgehead atoms. The van der Waals surface area contributed by atoms with E-state index in [1.54, 1.807) is 0 Å². The molecular formula is C17H17N2O5-. The Kier molecular flexibility index (Phi) is 5.36. The third-order valence-electron chi connectivity index (χ3n) is 3.30. The lowest BCUT2D eigenvalue weighted by molar-refractivity contribution is -0.385. The van der Waals surface area contributed by atoms with Crippen LogP contribution in [0.5, 0.6) is 11.5 Å². The van der Waals surface area contributed by atoms with Crippen LogP contribution in [0.25, 0.3) is 0 Å². The van der Waals surface area contributed by atoms with Crippen LogP contribution in [0.2, 0.25) is 0 Å². The van der Waals surface area contributed by atoms with Gasteiger partial charge in [0.2, 0.25) is 0 Å². The van der Waals surface area contributed by atoms with E-state index in [0.29, 0.717) is 5.75 Å². The fourth-order valence-electron chi connectivity index (χ4n) is 2.23. The molecule has 0 saturated carbocycles. The zero-order valence-corrected chi connectivity index (χ0v) is 13.4. The molecule has 0 heterocycles. The lowest BCUT2D eigenvalue weighted by atomic mass is 10.1. The number of aryl methyl sites for hydroxylation is 2. The fourth-order valence-corrected chi connectivity index (χ4v) is 2.23. The second-order valence-corrected chi connectivity index (χ2v) is 5.44. The topological polar surface area (TPSA) is 105 Å². The van der Waals surface area contributed by atoms with Gasteiger partial charge in [-0.15, -0.1) is 5.75 Å². The Bertz CT molecular complexity index is 753. The van der Waals surface area contributed by atoms with Crippen molar-refractivity contribution in [1.29, 1.82) is 0 Å². The fraction of sp³-hybridized carbons (Fsp3) is 0.235. The van der Waals surface area contributed by atoms with Gasteiger partial charge in [0.15, 0.2) is 6.61 Å². The molecule has 2 rings (SSSR count). The zero-order valence-electron chi connectivity index (χ0n) is 13.4. The van der Waals surface area contributed by atoms with Crippen LogP contribution in [0, 0.1) is 24.0 Å². The van der Waals surface area contributed by atoms with Crippen molar-refractivity contribution < 1.29 is 19.6 Å². The number of carbonyl (C=O) groups is 1. The SMILES string of the molecule is Cc1cc(C)cc(OCC(=O)NCc2cc([N+](=O)[O-])ccc2[O-])c1. The summed E-state index contributed by atoms with van der Waals surface area (Å²) >= 11 is 0. The van der Waals surface area contributed by atoms with Crippen molar-refractivity contribution in [1.82, 2.24) is 5.32 Å². The van der Waals surface area contributed by atoms with Crippen LogP contribution in [0.15, 0.2) is 36.4 Å². The van der Waals surface area contributed by atoms with Crippen LogP contribution >= 0.6 is 0 Å². The summed E-state index contributed by atoms with van der Waals surface area (Å²) in [4.78, 5) is 21.9. The van der Waals surface area contributed by atoms with Gasteiger partial charge in [-0.2, -0.15) is 0 Å². The Hall–Kier alpha value is -3.09. The van der Waals surface area contributed by atoms with Crippen LogP contribution in [-0.2, 0) is 11.3 Å². The average molecular weight is 329 g/mol. The van der Waals surface area contributed by atoms with Gasteiger partial charge in [0, 0.05) is 18.7 Å². The highest BCUT2D eigenvalue weighted by atomic mass is 16.6. The minimum Gasteiger partial charge on any atom is -0.872 e. The predicted octanol–water partition coefficient (Wildman–Crippen LogP) is 1.98. The molecule has 0 radical (unpaired) electrons. The Labute approximate surface area is 139 Å². The predicted molar refractivity (Wildman–Crippen MR) is 85.8 cm³/mol. The molecule has 0 aliphatic heterocycles. The van der Waals surface area contributed by atoms with Gasteiger partial charge in [0.05, 0.1) is 4.92 Å².